The molecule has 1 aliphatic carbocycles. The largest absolute Gasteiger partial charge is 0.493 e. The summed E-state index contributed by atoms with van der Waals surface area (Å²) in [6.07, 6.45) is -7.28. The maximum atomic E-state index is 14.0. The molecule has 2 aliphatic heterocycles. The molecule has 2 aromatic carbocycles. The molecule has 1 fully saturated rings. The van der Waals surface area contributed by atoms with Crippen LogP contribution in [0.1, 0.15) is 37.7 Å². The molecule has 3 aliphatic rings. The van der Waals surface area contributed by atoms with E-state index in [9.17, 15) is 40.7 Å². The van der Waals surface area contributed by atoms with Gasteiger partial charge in [-0.05, 0) is 49.2 Å². The number of benzene rings is 2. The Hall–Kier alpha value is -3.88. The van der Waals surface area contributed by atoms with Crippen molar-refractivity contribution < 1.29 is 45.6 Å². The minimum Gasteiger partial charge on any atom is -0.374 e. The molecule has 0 aromatic heterocycles. The van der Waals surface area contributed by atoms with Gasteiger partial charge in [-0.25, -0.2) is 4.79 Å². The van der Waals surface area contributed by atoms with E-state index in [0.29, 0.717) is 11.4 Å². The summed E-state index contributed by atoms with van der Waals surface area (Å²) in [5.41, 5.74) is -0.867. The third kappa shape index (κ3) is 7.18. The topological polar surface area (TPSA) is 73.4 Å². The fourth-order valence-corrected chi connectivity index (χ4v) is 6.78. The van der Waals surface area contributed by atoms with Crippen LogP contribution in [0, 0.1) is 0 Å². The van der Waals surface area contributed by atoms with Crippen LogP contribution in [-0.4, -0.2) is 71.4 Å². The zero-order valence-electron chi connectivity index (χ0n) is 24.1. The lowest BCUT2D eigenvalue weighted by Crippen LogP contribution is -2.59. The van der Waals surface area contributed by atoms with Crippen molar-refractivity contribution in [3.05, 3.63) is 71.4 Å². The first-order valence-corrected chi connectivity index (χ1v) is 15.2. The number of rotatable bonds is 8. The summed E-state index contributed by atoms with van der Waals surface area (Å²) in [6.45, 7) is -0.00547. The summed E-state index contributed by atoms with van der Waals surface area (Å²) in [5.74, 6) is -3.28. The lowest BCUT2D eigenvalue weighted by Gasteiger charge is -2.48. The Balaban J connectivity index is 1.37. The van der Waals surface area contributed by atoms with Crippen molar-refractivity contribution in [1.29, 1.82) is 0 Å². The second-order valence-corrected chi connectivity index (χ2v) is 12.3. The molecule has 1 atom stereocenters. The molecule has 0 saturated heterocycles. The number of thioether (sulfide) groups is 1. The molecule has 15 heteroatoms. The fourth-order valence-electron chi connectivity index (χ4n) is 5.21. The molecule has 0 radical (unpaired) electrons. The number of hydrogen-bond donors (Lipinski definition) is 0. The smallest absolute Gasteiger partial charge is 0.374 e. The Kier molecular flexibility index (Phi) is 9.28. The number of carbonyl (C=O) groups is 3. The van der Waals surface area contributed by atoms with Crippen LogP contribution in [0.3, 0.4) is 0 Å². The van der Waals surface area contributed by atoms with Crippen LogP contribution in [0.5, 0.6) is 0 Å². The molecular weight excluding hydrogens is 626 g/mol. The maximum absolute atomic E-state index is 14.0. The summed E-state index contributed by atoms with van der Waals surface area (Å²) >= 11 is 1.25. The molecule has 2 aromatic rings. The van der Waals surface area contributed by atoms with Gasteiger partial charge in [0, 0.05) is 49.6 Å². The maximum Gasteiger partial charge on any atom is 0.493 e. The summed E-state index contributed by atoms with van der Waals surface area (Å²) in [5, 5.41) is 0.939. The van der Waals surface area contributed by atoms with Crippen LogP contribution in [-0.2, 0) is 25.4 Å². The Morgan fingerprint density at radius 3 is 2.24 bits per heavy atom. The Morgan fingerprint density at radius 1 is 1.00 bits per heavy atom. The third-order valence-electron chi connectivity index (χ3n) is 7.94. The molecule has 45 heavy (non-hydrogen) atoms. The molecule has 5 rings (SSSR count). The van der Waals surface area contributed by atoms with E-state index in [1.165, 1.54) is 33.7 Å². The number of nitrogens with zero attached hydrogens (tertiary/aromatic N) is 4. The number of hydrogen-bond acceptors (Lipinski definition) is 7. The van der Waals surface area contributed by atoms with Crippen LogP contribution >= 0.6 is 11.8 Å². The van der Waals surface area contributed by atoms with Crippen molar-refractivity contribution in [2.24, 2.45) is 0 Å². The molecule has 0 N–H and O–H groups in total. The van der Waals surface area contributed by atoms with E-state index in [2.05, 4.69) is 0 Å². The third-order valence-corrected chi connectivity index (χ3v) is 9.44. The second kappa shape index (κ2) is 12.9. The zero-order chi connectivity index (χ0) is 32.5. The number of hydroxylamine groups is 2. The lowest BCUT2D eigenvalue weighted by molar-refractivity contribution is -0.235. The molecule has 8 nitrogen and oxygen atoms in total. The first-order valence-electron chi connectivity index (χ1n) is 14.2. The molecule has 242 valence electrons. The molecule has 0 bridgehead atoms. The number of halogens is 6. The average Bonchev–Trinajstić information content (AvgIpc) is 2.98. The summed E-state index contributed by atoms with van der Waals surface area (Å²) in [6, 6.07) is 12.8. The second-order valence-electron chi connectivity index (χ2n) is 10.9. The van der Waals surface area contributed by atoms with Crippen molar-refractivity contribution in [2.45, 2.75) is 55.2 Å². The summed E-state index contributed by atoms with van der Waals surface area (Å²) in [4.78, 5) is 48.7. The van der Waals surface area contributed by atoms with E-state index in [-0.39, 0.29) is 54.9 Å². The van der Waals surface area contributed by atoms with Crippen LogP contribution in [0.15, 0.2) is 65.9 Å². The lowest BCUT2D eigenvalue weighted by atomic mass is 10.00. The van der Waals surface area contributed by atoms with E-state index in [1.54, 1.807) is 42.3 Å². The highest BCUT2D eigenvalue weighted by Crippen LogP contribution is 2.44. The fraction of sp³-hybridized carbons (Fsp3) is 0.433. The molecular formula is C30H30F6N4O4S. The number of anilines is 2. The molecule has 2 amide bonds. The quantitative estimate of drug-likeness (QED) is 0.325. The van der Waals surface area contributed by atoms with Gasteiger partial charge in [0.05, 0.1) is 23.4 Å². The first kappa shape index (κ1) is 32.5. The number of para-hydroxylation sites is 1. The highest BCUT2D eigenvalue weighted by atomic mass is 32.2. The van der Waals surface area contributed by atoms with Gasteiger partial charge < -0.3 is 14.6 Å². The average molecular weight is 657 g/mol. The van der Waals surface area contributed by atoms with Gasteiger partial charge in [-0.2, -0.15) is 31.4 Å². The Bertz CT molecular complexity index is 1450. The minimum absolute atomic E-state index is 0.0307. The minimum atomic E-state index is -5.28. The van der Waals surface area contributed by atoms with Crippen molar-refractivity contribution >= 4 is 40.9 Å². The monoisotopic (exact) mass is 656 g/mol. The molecule has 1 unspecified atom stereocenters. The predicted molar refractivity (Wildman–Crippen MR) is 154 cm³/mol. The first-order chi connectivity index (χ1) is 21.2. The van der Waals surface area contributed by atoms with Gasteiger partial charge >= 0.3 is 18.3 Å². The Morgan fingerprint density at radius 2 is 1.67 bits per heavy atom. The van der Waals surface area contributed by atoms with Gasteiger partial charge in [0.2, 0.25) is 5.91 Å². The molecule has 0 spiro atoms. The highest BCUT2D eigenvalue weighted by Gasteiger charge is 2.50. The van der Waals surface area contributed by atoms with Crippen molar-refractivity contribution in [1.82, 2.24) is 9.96 Å². The van der Waals surface area contributed by atoms with Crippen molar-refractivity contribution in [2.75, 3.05) is 36.5 Å². The van der Waals surface area contributed by atoms with Crippen LogP contribution in [0.2, 0.25) is 0 Å². The zero-order valence-corrected chi connectivity index (χ0v) is 24.9. The highest BCUT2D eigenvalue weighted by molar-refractivity contribution is 8.00. The predicted octanol–water partition coefficient (Wildman–Crippen LogP) is 5.96. The van der Waals surface area contributed by atoms with Gasteiger partial charge in [-0.15, -0.1) is 11.8 Å². The normalized spacial score (nSPS) is 19.3. The van der Waals surface area contributed by atoms with Crippen molar-refractivity contribution in [3.8, 4) is 0 Å². The van der Waals surface area contributed by atoms with E-state index in [0.717, 1.165) is 36.5 Å². The standard InChI is InChI=1S/C30H30F6N4O4S/c1-37(20-12-10-19(11-13-20)29(31,32)33)16-15-25(41)38-17-14-24-23(18-38)26(42)39(21-6-3-2-4-7-21)28(45-22-8-5-9-22)40(24)44-27(43)30(34,35)36/h2-4,6-7,10-13,22,28H,5,8-9,14-18H2,1H3. The summed E-state index contributed by atoms with van der Waals surface area (Å²) in [7, 11) is 1.63. The SMILES string of the molecule is CN(CCC(=O)N1CCC2=C(C1)C(=O)N(c1ccccc1)C(SC1CCC1)N2OC(=O)C(F)(F)F)c1ccc(C(F)(F)F)cc1. The van der Waals surface area contributed by atoms with Gasteiger partial charge in [0.15, 0.2) is 5.50 Å². The van der Waals surface area contributed by atoms with E-state index < -0.39 is 35.3 Å². The van der Waals surface area contributed by atoms with Gasteiger partial charge in [-0.1, -0.05) is 24.6 Å². The van der Waals surface area contributed by atoms with E-state index in [4.69, 9.17) is 4.84 Å². The van der Waals surface area contributed by atoms with Crippen LogP contribution in [0.4, 0.5) is 37.7 Å². The van der Waals surface area contributed by atoms with E-state index >= 15 is 0 Å². The van der Waals surface area contributed by atoms with Gasteiger partial charge in [0.1, 0.15) is 0 Å². The van der Waals surface area contributed by atoms with Gasteiger partial charge in [-0.3, -0.25) is 14.5 Å². The molecule has 1 saturated carbocycles. The van der Waals surface area contributed by atoms with Crippen molar-refractivity contribution in [3.63, 3.8) is 0 Å². The number of amides is 2. The number of carbonyl (C=O) groups excluding carboxylic acids is 3. The number of alkyl halides is 6. The van der Waals surface area contributed by atoms with E-state index in [1.807, 2.05) is 0 Å². The molecule has 2 heterocycles. The van der Waals surface area contributed by atoms with Gasteiger partial charge in [0.25, 0.3) is 5.91 Å². The summed E-state index contributed by atoms with van der Waals surface area (Å²) < 4.78 is 78.9. The van der Waals surface area contributed by atoms with Crippen LogP contribution in [0.25, 0.3) is 0 Å². The Labute approximate surface area is 259 Å². The van der Waals surface area contributed by atoms with Crippen LogP contribution < -0.4 is 9.80 Å².